The summed E-state index contributed by atoms with van der Waals surface area (Å²) in [7, 11) is 0. The summed E-state index contributed by atoms with van der Waals surface area (Å²) >= 11 is 11.6. The van der Waals surface area contributed by atoms with Gasteiger partial charge >= 0.3 is 0 Å². The molecule has 1 aromatic carbocycles. The second-order valence-electron chi connectivity index (χ2n) is 4.47. The lowest BCUT2D eigenvalue weighted by atomic mass is 10.1. The number of hydrogen-bond acceptors (Lipinski definition) is 3. The average molecular weight is 321 g/mol. The number of carbonyl (C=O) groups is 1. The highest BCUT2D eigenvalue weighted by Crippen LogP contribution is 2.22. The van der Waals surface area contributed by atoms with Crippen molar-refractivity contribution >= 4 is 45.8 Å². The summed E-state index contributed by atoms with van der Waals surface area (Å²) in [4.78, 5) is 15.1. The predicted molar refractivity (Wildman–Crippen MR) is 82.7 cm³/mol. The van der Waals surface area contributed by atoms with Crippen LogP contribution in [0, 0.1) is 0 Å². The molecular formula is C14H10Cl2N4O. The summed E-state index contributed by atoms with van der Waals surface area (Å²) in [6.45, 7) is 0. The van der Waals surface area contributed by atoms with Crippen molar-refractivity contribution in [3.63, 3.8) is 0 Å². The molecule has 0 aliphatic rings. The molecule has 0 spiro atoms. The fraction of sp³-hybridized carbons (Fsp3) is 0.0714. The van der Waals surface area contributed by atoms with Crippen molar-refractivity contribution in [2.24, 2.45) is 0 Å². The Morgan fingerprint density at radius 3 is 2.81 bits per heavy atom. The standard InChI is InChI=1S/C14H10Cl2N4O/c15-9-1-2-10-8(7-17-11(10)6-9)5-14(21)18-13-4-3-12(16)19-20-13/h1-4,6-7,17H,5H2,(H,18,20,21). The number of hydrogen-bond donors (Lipinski definition) is 2. The summed E-state index contributed by atoms with van der Waals surface area (Å²) in [5.41, 5.74) is 1.79. The molecule has 0 fully saturated rings. The number of carbonyl (C=O) groups excluding carboxylic acids is 1. The zero-order valence-corrected chi connectivity index (χ0v) is 12.2. The van der Waals surface area contributed by atoms with Crippen LogP contribution in [-0.4, -0.2) is 21.1 Å². The van der Waals surface area contributed by atoms with Crippen molar-refractivity contribution in [1.29, 1.82) is 0 Å². The van der Waals surface area contributed by atoms with Crippen LogP contribution in [0.3, 0.4) is 0 Å². The van der Waals surface area contributed by atoms with Gasteiger partial charge in [-0.1, -0.05) is 29.3 Å². The molecule has 3 aromatic rings. The van der Waals surface area contributed by atoms with Crippen molar-refractivity contribution in [3.8, 4) is 0 Å². The third-order valence-corrected chi connectivity index (χ3v) is 3.42. The molecule has 1 amide bonds. The van der Waals surface area contributed by atoms with Crippen molar-refractivity contribution in [2.45, 2.75) is 6.42 Å². The first-order valence-electron chi connectivity index (χ1n) is 6.16. The van der Waals surface area contributed by atoms with Crippen molar-refractivity contribution in [3.05, 3.63) is 52.3 Å². The van der Waals surface area contributed by atoms with Crippen LogP contribution in [0.15, 0.2) is 36.5 Å². The fourth-order valence-corrected chi connectivity index (χ4v) is 2.32. The van der Waals surface area contributed by atoms with Gasteiger partial charge in [0.25, 0.3) is 0 Å². The second-order valence-corrected chi connectivity index (χ2v) is 5.29. The maximum atomic E-state index is 12.0. The number of anilines is 1. The molecule has 0 bridgehead atoms. The van der Waals surface area contributed by atoms with E-state index < -0.39 is 0 Å². The molecule has 7 heteroatoms. The third kappa shape index (κ3) is 3.15. The van der Waals surface area contributed by atoms with Crippen LogP contribution in [0.4, 0.5) is 5.82 Å². The Hall–Kier alpha value is -2.11. The number of aromatic nitrogens is 3. The molecule has 0 radical (unpaired) electrons. The van der Waals surface area contributed by atoms with Gasteiger partial charge < -0.3 is 10.3 Å². The van der Waals surface area contributed by atoms with E-state index in [1.807, 2.05) is 12.1 Å². The van der Waals surface area contributed by atoms with E-state index in [1.165, 1.54) is 0 Å². The maximum absolute atomic E-state index is 12.0. The molecule has 2 N–H and O–H groups in total. The number of nitrogens with one attached hydrogen (secondary N) is 2. The molecule has 0 aliphatic carbocycles. The SMILES string of the molecule is O=C(Cc1c[nH]c2cc(Cl)ccc12)Nc1ccc(Cl)nn1. The Kier molecular flexibility index (Phi) is 3.77. The van der Waals surface area contributed by atoms with E-state index in [4.69, 9.17) is 23.2 Å². The number of amides is 1. The summed E-state index contributed by atoms with van der Waals surface area (Å²) in [5, 5.41) is 12.0. The first kappa shape index (κ1) is 13.9. The van der Waals surface area contributed by atoms with E-state index >= 15 is 0 Å². The second kappa shape index (κ2) is 5.71. The van der Waals surface area contributed by atoms with Gasteiger partial charge in [0.15, 0.2) is 11.0 Å². The molecule has 0 atom stereocenters. The van der Waals surface area contributed by atoms with E-state index in [9.17, 15) is 4.79 Å². The molecule has 2 aromatic heterocycles. The summed E-state index contributed by atoms with van der Waals surface area (Å²) in [6.07, 6.45) is 2.03. The lowest BCUT2D eigenvalue weighted by molar-refractivity contribution is -0.115. The summed E-state index contributed by atoms with van der Waals surface area (Å²) < 4.78 is 0. The molecule has 0 unspecified atom stereocenters. The summed E-state index contributed by atoms with van der Waals surface area (Å²) in [5.74, 6) is 0.190. The molecule has 3 rings (SSSR count). The van der Waals surface area contributed by atoms with Crippen LogP contribution in [0.5, 0.6) is 0 Å². The van der Waals surface area contributed by atoms with Gasteiger partial charge in [-0.05, 0) is 29.8 Å². The zero-order chi connectivity index (χ0) is 14.8. The van der Waals surface area contributed by atoms with Crippen LogP contribution in [0.1, 0.15) is 5.56 Å². The number of halogens is 2. The Morgan fingerprint density at radius 2 is 2.05 bits per heavy atom. The van der Waals surface area contributed by atoms with Crippen LogP contribution in [0.2, 0.25) is 10.2 Å². The minimum atomic E-state index is -0.178. The molecule has 0 aliphatic heterocycles. The molecule has 0 saturated carbocycles. The van der Waals surface area contributed by atoms with E-state index in [-0.39, 0.29) is 17.5 Å². The predicted octanol–water partition coefficient (Wildman–Crippen LogP) is 3.45. The van der Waals surface area contributed by atoms with Gasteiger partial charge in [0.05, 0.1) is 6.42 Å². The highest BCUT2D eigenvalue weighted by molar-refractivity contribution is 6.31. The maximum Gasteiger partial charge on any atom is 0.230 e. The lowest BCUT2D eigenvalue weighted by Gasteiger charge is -2.03. The third-order valence-electron chi connectivity index (χ3n) is 2.98. The molecular weight excluding hydrogens is 311 g/mol. The van der Waals surface area contributed by atoms with Crippen molar-refractivity contribution < 1.29 is 4.79 Å². The van der Waals surface area contributed by atoms with Gasteiger partial charge in [-0.2, -0.15) is 0 Å². The quantitative estimate of drug-likeness (QED) is 0.776. The first-order valence-corrected chi connectivity index (χ1v) is 6.92. The molecule has 106 valence electrons. The minimum absolute atomic E-state index is 0.178. The summed E-state index contributed by atoms with van der Waals surface area (Å²) in [6, 6.07) is 8.67. The highest BCUT2D eigenvalue weighted by atomic mass is 35.5. The van der Waals surface area contributed by atoms with E-state index in [0.717, 1.165) is 16.5 Å². The van der Waals surface area contributed by atoms with Crippen LogP contribution < -0.4 is 5.32 Å². The number of H-pyrrole nitrogens is 1. The number of fused-ring (bicyclic) bond motifs is 1. The molecule has 2 heterocycles. The van der Waals surface area contributed by atoms with Gasteiger partial charge in [-0.25, -0.2) is 0 Å². The molecule has 0 saturated heterocycles. The van der Waals surface area contributed by atoms with E-state index in [0.29, 0.717) is 10.8 Å². The first-order chi connectivity index (χ1) is 10.1. The Bertz CT molecular complexity index is 798. The van der Waals surface area contributed by atoms with Crippen LogP contribution >= 0.6 is 23.2 Å². The smallest absolute Gasteiger partial charge is 0.230 e. The number of nitrogens with zero attached hydrogens (tertiary/aromatic N) is 2. The van der Waals surface area contributed by atoms with Crippen molar-refractivity contribution in [2.75, 3.05) is 5.32 Å². The zero-order valence-electron chi connectivity index (χ0n) is 10.7. The Labute approximate surface area is 130 Å². The van der Waals surface area contributed by atoms with Gasteiger partial charge in [-0.3, -0.25) is 4.79 Å². The lowest BCUT2D eigenvalue weighted by Crippen LogP contribution is -2.15. The van der Waals surface area contributed by atoms with E-state index in [1.54, 1.807) is 24.4 Å². The Balaban J connectivity index is 1.75. The van der Waals surface area contributed by atoms with E-state index in [2.05, 4.69) is 20.5 Å². The normalized spacial score (nSPS) is 10.8. The van der Waals surface area contributed by atoms with Gasteiger partial charge in [0.1, 0.15) is 0 Å². The monoisotopic (exact) mass is 320 g/mol. The van der Waals surface area contributed by atoms with Crippen LogP contribution in [0.25, 0.3) is 10.9 Å². The van der Waals surface area contributed by atoms with Gasteiger partial charge in [0, 0.05) is 22.1 Å². The fourth-order valence-electron chi connectivity index (χ4n) is 2.05. The average Bonchev–Trinajstić information content (AvgIpc) is 2.83. The highest BCUT2D eigenvalue weighted by Gasteiger charge is 2.10. The van der Waals surface area contributed by atoms with Crippen LogP contribution in [-0.2, 0) is 11.2 Å². The van der Waals surface area contributed by atoms with Gasteiger partial charge in [0.2, 0.25) is 5.91 Å². The molecule has 5 nitrogen and oxygen atoms in total. The molecule has 21 heavy (non-hydrogen) atoms. The minimum Gasteiger partial charge on any atom is -0.361 e. The Morgan fingerprint density at radius 1 is 1.19 bits per heavy atom. The topological polar surface area (TPSA) is 70.7 Å². The number of benzene rings is 1. The van der Waals surface area contributed by atoms with Crippen molar-refractivity contribution in [1.82, 2.24) is 15.2 Å². The van der Waals surface area contributed by atoms with Gasteiger partial charge in [-0.15, -0.1) is 10.2 Å². The number of rotatable bonds is 3. The largest absolute Gasteiger partial charge is 0.361 e. The number of aromatic amines is 1.